The molecular weight excluding hydrogens is 463 g/mol. The molecule has 9 nitrogen and oxygen atoms in total. The van der Waals surface area contributed by atoms with Crippen LogP contribution in [-0.2, 0) is 4.79 Å². The first kappa shape index (κ1) is 23.4. The van der Waals surface area contributed by atoms with Gasteiger partial charge >= 0.3 is 0 Å². The molecule has 4 rings (SSSR count). The predicted octanol–water partition coefficient (Wildman–Crippen LogP) is 3.29. The lowest BCUT2D eigenvalue weighted by Gasteiger charge is -2.37. The third-order valence-corrected chi connectivity index (χ3v) is 6.07. The summed E-state index contributed by atoms with van der Waals surface area (Å²) in [5, 5.41) is 4.54. The first-order chi connectivity index (χ1) is 15.6. The zero-order chi connectivity index (χ0) is 23.8. The predicted molar refractivity (Wildman–Crippen MR) is 131 cm³/mol. The number of nitrogens with two attached hydrogens (primary N) is 1. The van der Waals surface area contributed by atoms with Crippen LogP contribution in [0.25, 0.3) is 11.2 Å². The van der Waals surface area contributed by atoms with Crippen LogP contribution in [0.5, 0.6) is 0 Å². The Morgan fingerprint density at radius 1 is 1.12 bits per heavy atom. The van der Waals surface area contributed by atoms with Crippen LogP contribution in [0, 0.1) is 0 Å². The highest BCUT2D eigenvalue weighted by Gasteiger charge is 2.31. The minimum absolute atomic E-state index is 0.0662. The van der Waals surface area contributed by atoms with Crippen molar-refractivity contribution in [2.45, 2.75) is 32.4 Å². The number of benzene rings is 1. The van der Waals surface area contributed by atoms with E-state index in [0.717, 1.165) is 5.56 Å². The molecule has 1 saturated heterocycles. The fourth-order valence-corrected chi connectivity index (χ4v) is 4.32. The maximum absolute atomic E-state index is 12.5. The largest absolute Gasteiger partial charge is 0.361 e. The van der Waals surface area contributed by atoms with E-state index in [-0.39, 0.29) is 11.9 Å². The average Bonchev–Trinajstić information content (AvgIpc) is 2.78. The number of carbonyl (C=O) groups excluding carboxylic acids is 1. The highest BCUT2D eigenvalue weighted by molar-refractivity contribution is 6.35. The Labute approximate surface area is 202 Å². The number of piperazine rings is 1. The Balaban J connectivity index is 1.59. The summed E-state index contributed by atoms with van der Waals surface area (Å²) in [7, 11) is 0. The summed E-state index contributed by atoms with van der Waals surface area (Å²) in [6.45, 7) is 7.69. The van der Waals surface area contributed by atoms with Gasteiger partial charge in [-0.15, -0.1) is 0 Å². The number of carbonyl (C=O) groups is 1. The number of amides is 1. The summed E-state index contributed by atoms with van der Waals surface area (Å²) in [6, 6.07) is 5.23. The molecule has 11 heteroatoms. The number of halogens is 2. The first-order valence-electron chi connectivity index (χ1n) is 10.7. The SMILES string of the molecule is C[C@@H](Nc1nc(N2CCN(C(=O)C(C)(C)N)CC2)nc2nccnc12)c1ccc(Cl)cc1Cl. The smallest absolute Gasteiger partial charge is 0.242 e. The molecule has 0 spiro atoms. The summed E-state index contributed by atoms with van der Waals surface area (Å²) >= 11 is 12.4. The Hall–Kier alpha value is -2.75. The lowest BCUT2D eigenvalue weighted by molar-refractivity contribution is -0.136. The fourth-order valence-electron chi connectivity index (χ4n) is 3.75. The highest BCUT2D eigenvalue weighted by atomic mass is 35.5. The molecule has 1 atom stereocenters. The van der Waals surface area contributed by atoms with Gasteiger partial charge < -0.3 is 20.9 Å². The van der Waals surface area contributed by atoms with Gasteiger partial charge in [0.25, 0.3) is 0 Å². The maximum Gasteiger partial charge on any atom is 0.242 e. The van der Waals surface area contributed by atoms with Gasteiger partial charge in [-0.2, -0.15) is 9.97 Å². The number of rotatable bonds is 5. The van der Waals surface area contributed by atoms with Crippen molar-refractivity contribution in [3.05, 3.63) is 46.2 Å². The van der Waals surface area contributed by atoms with E-state index in [1.165, 1.54) is 0 Å². The summed E-state index contributed by atoms with van der Waals surface area (Å²) in [4.78, 5) is 34.5. The van der Waals surface area contributed by atoms with Gasteiger partial charge in [0.2, 0.25) is 11.9 Å². The van der Waals surface area contributed by atoms with Gasteiger partial charge in [-0.05, 0) is 38.5 Å². The summed E-state index contributed by atoms with van der Waals surface area (Å²) in [6.07, 6.45) is 3.21. The van der Waals surface area contributed by atoms with Crippen molar-refractivity contribution in [1.82, 2.24) is 24.8 Å². The molecule has 1 aliphatic heterocycles. The lowest BCUT2D eigenvalue weighted by Crippen LogP contribution is -2.57. The van der Waals surface area contributed by atoms with Crippen LogP contribution in [0.1, 0.15) is 32.4 Å². The van der Waals surface area contributed by atoms with E-state index in [0.29, 0.717) is 59.2 Å². The normalized spacial score (nSPS) is 15.6. The monoisotopic (exact) mass is 488 g/mol. The number of nitrogens with one attached hydrogen (secondary N) is 1. The van der Waals surface area contributed by atoms with E-state index in [4.69, 9.17) is 33.9 Å². The summed E-state index contributed by atoms with van der Waals surface area (Å²) in [5.74, 6) is 1.02. The van der Waals surface area contributed by atoms with Crippen LogP contribution < -0.4 is 16.0 Å². The molecule has 1 aromatic carbocycles. The molecule has 1 aliphatic rings. The standard InChI is InChI=1S/C22H26Cl2N8O/c1-13(15-5-4-14(23)12-16(15)24)28-19-17-18(27-7-6-26-17)29-21(30-19)32-10-8-31(9-11-32)20(33)22(2,3)25/h4-7,12-13H,8-11,25H2,1-3H3,(H,27,28,29,30)/t13-/m1/s1. The van der Waals surface area contributed by atoms with E-state index in [9.17, 15) is 4.79 Å². The Morgan fingerprint density at radius 2 is 1.82 bits per heavy atom. The summed E-state index contributed by atoms with van der Waals surface area (Å²) < 4.78 is 0. The quantitative estimate of drug-likeness (QED) is 0.562. The third-order valence-electron chi connectivity index (χ3n) is 5.50. The number of nitrogens with zero attached hydrogens (tertiary/aromatic N) is 6. The lowest BCUT2D eigenvalue weighted by atomic mass is 10.1. The van der Waals surface area contributed by atoms with Gasteiger partial charge in [-0.1, -0.05) is 29.3 Å². The minimum atomic E-state index is -0.895. The molecule has 0 saturated carbocycles. The molecule has 3 N–H and O–H groups in total. The molecule has 174 valence electrons. The molecule has 3 heterocycles. The van der Waals surface area contributed by atoms with Gasteiger partial charge in [0.1, 0.15) is 0 Å². The second kappa shape index (κ2) is 9.24. The molecule has 33 heavy (non-hydrogen) atoms. The van der Waals surface area contributed by atoms with E-state index >= 15 is 0 Å². The summed E-state index contributed by atoms with van der Waals surface area (Å²) in [5.41, 5.74) is 7.02. The molecule has 3 aromatic rings. The number of hydrogen-bond acceptors (Lipinski definition) is 8. The van der Waals surface area contributed by atoms with Crippen LogP contribution in [0.2, 0.25) is 10.0 Å². The molecular formula is C22H26Cl2N8O. The number of aromatic nitrogens is 4. The third kappa shape index (κ3) is 5.10. The van der Waals surface area contributed by atoms with E-state index < -0.39 is 5.54 Å². The Kier molecular flexibility index (Phi) is 6.56. The fraction of sp³-hybridized carbons (Fsp3) is 0.409. The molecule has 1 amide bonds. The van der Waals surface area contributed by atoms with Gasteiger partial charge in [0.05, 0.1) is 11.6 Å². The molecule has 0 radical (unpaired) electrons. The van der Waals surface area contributed by atoms with Gasteiger partial charge in [-0.3, -0.25) is 4.79 Å². The van der Waals surface area contributed by atoms with Crippen molar-refractivity contribution in [2.75, 3.05) is 36.4 Å². The zero-order valence-corrected chi connectivity index (χ0v) is 20.2. The van der Waals surface area contributed by atoms with Crippen molar-refractivity contribution in [1.29, 1.82) is 0 Å². The van der Waals surface area contributed by atoms with Gasteiger partial charge in [0.15, 0.2) is 17.0 Å². The number of hydrogen-bond donors (Lipinski definition) is 2. The van der Waals surface area contributed by atoms with Crippen LogP contribution >= 0.6 is 23.2 Å². The van der Waals surface area contributed by atoms with Gasteiger partial charge in [0, 0.05) is 48.6 Å². The number of fused-ring (bicyclic) bond motifs is 1. The second-order valence-electron chi connectivity index (χ2n) is 8.63. The van der Waals surface area contributed by atoms with Crippen molar-refractivity contribution >= 4 is 52.0 Å². The Morgan fingerprint density at radius 3 is 2.48 bits per heavy atom. The molecule has 0 bridgehead atoms. The van der Waals surface area contributed by atoms with Crippen molar-refractivity contribution in [3.63, 3.8) is 0 Å². The minimum Gasteiger partial charge on any atom is -0.361 e. The maximum atomic E-state index is 12.5. The highest BCUT2D eigenvalue weighted by Crippen LogP contribution is 2.30. The van der Waals surface area contributed by atoms with Crippen molar-refractivity contribution in [3.8, 4) is 0 Å². The van der Waals surface area contributed by atoms with Crippen LogP contribution in [0.3, 0.4) is 0 Å². The Bertz CT molecular complexity index is 1170. The van der Waals surface area contributed by atoms with Crippen LogP contribution in [-0.4, -0.2) is 62.5 Å². The van der Waals surface area contributed by atoms with Crippen LogP contribution in [0.15, 0.2) is 30.6 Å². The topological polar surface area (TPSA) is 113 Å². The molecule has 2 aromatic heterocycles. The van der Waals surface area contributed by atoms with E-state index in [2.05, 4.69) is 20.3 Å². The van der Waals surface area contributed by atoms with E-state index in [1.54, 1.807) is 43.3 Å². The van der Waals surface area contributed by atoms with Crippen molar-refractivity contribution < 1.29 is 4.79 Å². The van der Waals surface area contributed by atoms with Crippen LogP contribution in [0.4, 0.5) is 11.8 Å². The number of anilines is 2. The van der Waals surface area contributed by atoms with Crippen molar-refractivity contribution in [2.24, 2.45) is 5.73 Å². The second-order valence-corrected chi connectivity index (χ2v) is 9.48. The first-order valence-corrected chi connectivity index (χ1v) is 11.4. The molecule has 1 fully saturated rings. The van der Waals surface area contributed by atoms with Gasteiger partial charge in [-0.25, -0.2) is 9.97 Å². The molecule has 0 aliphatic carbocycles. The average molecular weight is 489 g/mol. The molecule has 0 unspecified atom stereocenters. The zero-order valence-electron chi connectivity index (χ0n) is 18.7. The van der Waals surface area contributed by atoms with E-state index in [1.807, 2.05) is 17.9 Å².